The van der Waals surface area contributed by atoms with Crippen molar-refractivity contribution >= 4 is 11.9 Å². The van der Waals surface area contributed by atoms with Gasteiger partial charge in [-0.25, -0.2) is 9.59 Å². The molecule has 5 heteroatoms. The number of benzene rings is 1. The van der Waals surface area contributed by atoms with Gasteiger partial charge in [-0.2, -0.15) is 0 Å². The number of ether oxygens (including phenoxy) is 3. The highest BCUT2D eigenvalue weighted by Crippen LogP contribution is 2.15. The van der Waals surface area contributed by atoms with E-state index in [1.54, 1.807) is 26.0 Å². The standard InChI is InChI=1S/C17H20O5/c1-5-21-15(18)17(20-4,16(19)22-6-2)12-11-14-9-7-13(3)8-10-14/h7-10H,5-6H2,1-4H3. The minimum absolute atomic E-state index is 0.107. The molecular weight excluding hydrogens is 284 g/mol. The Hall–Kier alpha value is -2.32. The summed E-state index contributed by atoms with van der Waals surface area (Å²) in [7, 11) is 1.22. The fourth-order valence-corrected chi connectivity index (χ4v) is 1.67. The molecule has 0 fully saturated rings. The summed E-state index contributed by atoms with van der Waals surface area (Å²) in [6, 6.07) is 7.35. The van der Waals surface area contributed by atoms with Gasteiger partial charge in [0, 0.05) is 12.7 Å². The molecule has 0 aliphatic rings. The minimum atomic E-state index is -2.07. The van der Waals surface area contributed by atoms with Crippen molar-refractivity contribution in [1.29, 1.82) is 0 Å². The van der Waals surface area contributed by atoms with Gasteiger partial charge >= 0.3 is 17.5 Å². The highest BCUT2D eigenvalue weighted by molar-refractivity contribution is 6.07. The maximum Gasteiger partial charge on any atom is 0.363 e. The molecule has 0 amide bonds. The molecule has 0 unspecified atom stereocenters. The fourth-order valence-electron chi connectivity index (χ4n) is 1.67. The first-order valence-corrected chi connectivity index (χ1v) is 6.99. The van der Waals surface area contributed by atoms with Crippen molar-refractivity contribution < 1.29 is 23.8 Å². The van der Waals surface area contributed by atoms with E-state index in [1.807, 2.05) is 19.1 Å². The van der Waals surface area contributed by atoms with E-state index in [0.717, 1.165) is 5.56 Å². The number of methoxy groups -OCH3 is 1. The van der Waals surface area contributed by atoms with Crippen molar-refractivity contribution in [3.05, 3.63) is 35.4 Å². The molecule has 22 heavy (non-hydrogen) atoms. The Morgan fingerprint density at radius 1 is 1.05 bits per heavy atom. The van der Waals surface area contributed by atoms with Gasteiger partial charge in [-0.3, -0.25) is 0 Å². The Labute approximate surface area is 130 Å². The first kappa shape index (κ1) is 17.7. The van der Waals surface area contributed by atoms with E-state index in [2.05, 4.69) is 11.8 Å². The van der Waals surface area contributed by atoms with Crippen LogP contribution in [0.15, 0.2) is 24.3 Å². The van der Waals surface area contributed by atoms with E-state index in [9.17, 15) is 9.59 Å². The Morgan fingerprint density at radius 3 is 1.95 bits per heavy atom. The molecule has 0 aromatic heterocycles. The number of esters is 2. The van der Waals surface area contributed by atoms with Gasteiger partial charge in [-0.15, -0.1) is 0 Å². The average molecular weight is 304 g/mol. The summed E-state index contributed by atoms with van der Waals surface area (Å²) in [5.74, 6) is 3.57. The first-order chi connectivity index (χ1) is 10.5. The molecule has 1 rings (SSSR count). The molecule has 0 atom stereocenters. The second kappa shape index (κ2) is 8.20. The summed E-state index contributed by atoms with van der Waals surface area (Å²) in [5.41, 5.74) is -0.336. The molecule has 0 saturated heterocycles. The third kappa shape index (κ3) is 4.09. The van der Waals surface area contributed by atoms with Crippen LogP contribution in [-0.2, 0) is 23.8 Å². The zero-order valence-corrected chi connectivity index (χ0v) is 13.3. The molecule has 5 nitrogen and oxygen atoms in total. The van der Waals surface area contributed by atoms with Gasteiger partial charge in [0.05, 0.1) is 13.2 Å². The van der Waals surface area contributed by atoms with Crippen molar-refractivity contribution in [1.82, 2.24) is 0 Å². The third-order valence-corrected chi connectivity index (χ3v) is 2.87. The van der Waals surface area contributed by atoms with E-state index >= 15 is 0 Å². The van der Waals surface area contributed by atoms with Crippen LogP contribution in [0, 0.1) is 18.8 Å². The lowest BCUT2D eigenvalue weighted by Gasteiger charge is -2.22. The summed E-state index contributed by atoms with van der Waals surface area (Å²) < 4.78 is 14.9. The molecule has 0 saturated carbocycles. The number of hydrogen-bond donors (Lipinski definition) is 0. The van der Waals surface area contributed by atoms with E-state index < -0.39 is 17.5 Å². The van der Waals surface area contributed by atoms with E-state index in [1.165, 1.54) is 7.11 Å². The highest BCUT2D eigenvalue weighted by atomic mass is 16.6. The molecule has 0 heterocycles. The van der Waals surface area contributed by atoms with Gasteiger partial charge in [-0.1, -0.05) is 23.6 Å². The molecule has 0 N–H and O–H groups in total. The maximum absolute atomic E-state index is 12.1. The largest absolute Gasteiger partial charge is 0.463 e. The summed E-state index contributed by atoms with van der Waals surface area (Å²) in [6.07, 6.45) is 0. The van der Waals surface area contributed by atoms with Crippen molar-refractivity contribution in [2.75, 3.05) is 20.3 Å². The van der Waals surface area contributed by atoms with Crippen LogP contribution in [0.2, 0.25) is 0 Å². The van der Waals surface area contributed by atoms with Crippen LogP contribution >= 0.6 is 0 Å². The normalized spacial score (nSPS) is 10.4. The van der Waals surface area contributed by atoms with Gasteiger partial charge in [0.25, 0.3) is 0 Å². The van der Waals surface area contributed by atoms with Crippen LogP contribution in [0.4, 0.5) is 0 Å². The van der Waals surface area contributed by atoms with Crippen LogP contribution in [0.3, 0.4) is 0 Å². The van der Waals surface area contributed by atoms with E-state index in [0.29, 0.717) is 5.56 Å². The summed E-state index contributed by atoms with van der Waals surface area (Å²) in [4.78, 5) is 24.3. The predicted molar refractivity (Wildman–Crippen MR) is 81.1 cm³/mol. The second-order valence-electron chi connectivity index (χ2n) is 4.44. The zero-order valence-electron chi connectivity index (χ0n) is 13.3. The lowest BCUT2D eigenvalue weighted by Crippen LogP contribution is -2.49. The molecule has 0 bridgehead atoms. The van der Waals surface area contributed by atoms with Crippen LogP contribution < -0.4 is 0 Å². The molecule has 0 aliphatic heterocycles. The maximum atomic E-state index is 12.1. The SMILES string of the molecule is CCOC(=O)C(C#Cc1ccc(C)cc1)(OC)C(=O)OCC. The number of aryl methyl sites for hydroxylation is 1. The second-order valence-corrected chi connectivity index (χ2v) is 4.44. The number of carbonyl (C=O) groups is 2. The van der Waals surface area contributed by atoms with Crippen molar-refractivity contribution in [2.45, 2.75) is 26.4 Å². The molecule has 0 radical (unpaired) electrons. The molecule has 0 aliphatic carbocycles. The highest BCUT2D eigenvalue weighted by Gasteiger charge is 2.48. The minimum Gasteiger partial charge on any atom is -0.463 e. The van der Waals surface area contributed by atoms with Crippen LogP contribution in [-0.4, -0.2) is 37.9 Å². The summed E-state index contributed by atoms with van der Waals surface area (Å²) in [6.45, 7) is 5.44. The number of hydrogen-bond acceptors (Lipinski definition) is 5. The Bertz CT molecular complexity index is 559. The molecule has 118 valence electrons. The number of rotatable bonds is 5. The van der Waals surface area contributed by atoms with Crippen LogP contribution in [0.5, 0.6) is 0 Å². The van der Waals surface area contributed by atoms with Crippen molar-refractivity contribution in [2.24, 2.45) is 0 Å². The lowest BCUT2D eigenvalue weighted by molar-refractivity contribution is -0.179. The lowest BCUT2D eigenvalue weighted by atomic mass is 10.0. The Morgan fingerprint density at radius 2 is 1.55 bits per heavy atom. The smallest absolute Gasteiger partial charge is 0.363 e. The van der Waals surface area contributed by atoms with Crippen LogP contribution in [0.25, 0.3) is 0 Å². The van der Waals surface area contributed by atoms with Crippen LogP contribution in [0.1, 0.15) is 25.0 Å². The van der Waals surface area contributed by atoms with Gasteiger partial charge in [0.1, 0.15) is 0 Å². The Kier molecular flexibility index (Phi) is 6.61. The molecule has 1 aromatic rings. The topological polar surface area (TPSA) is 61.8 Å². The molecule has 0 spiro atoms. The third-order valence-electron chi connectivity index (χ3n) is 2.87. The van der Waals surface area contributed by atoms with Gasteiger partial charge in [0.2, 0.25) is 0 Å². The van der Waals surface area contributed by atoms with Crippen molar-refractivity contribution in [3.8, 4) is 11.8 Å². The van der Waals surface area contributed by atoms with E-state index in [-0.39, 0.29) is 13.2 Å². The Balaban J connectivity index is 3.22. The van der Waals surface area contributed by atoms with E-state index in [4.69, 9.17) is 14.2 Å². The predicted octanol–water partition coefficient (Wildman–Crippen LogP) is 1.86. The van der Waals surface area contributed by atoms with Gasteiger partial charge in [-0.05, 0) is 38.8 Å². The summed E-state index contributed by atoms with van der Waals surface area (Å²) in [5, 5.41) is 0. The van der Waals surface area contributed by atoms with Gasteiger partial charge in [0.15, 0.2) is 0 Å². The average Bonchev–Trinajstić information content (AvgIpc) is 2.50. The fraction of sp³-hybridized carbons (Fsp3) is 0.412. The van der Waals surface area contributed by atoms with Gasteiger partial charge < -0.3 is 14.2 Å². The molecular formula is C17H20O5. The number of carbonyl (C=O) groups excluding carboxylic acids is 2. The quantitative estimate of drug-likeness (QED) is 0.472. The monoisotopic (exact) mass is 304 g/mol. The summed E-state index contributed by atoms with van der Waals surface area (Å²) >= 11 is 0. The molecule has 1 aromatic carbocycles. The first-order valence-electron chi connectivity index (χ1n) is 6.99. The van der Waals surface area contributed by atoms with Crippen molar-refractivity contribution in [3.63, 3.8) is 0 Å². The zero-order chi connectivity index (χ0) is 16.6.